The number of nitrogens with zero attached hydrogens (tertiary/aromatic N) is 5. The number of amides is 1. The van der Waals surface area contributed by atoms with Gasteiger partial charge in [-0.1, -0.05) is 0 Å². The van der Waals surface area contributed by atoms with E-state index in [9.17, 15) is 9.59 Å². The summed E-state index contributed by atoms with van der Waals surface area (Å²) in [5.41, 5.74) is 2.83. The van der Waals surface area contributed by atoms with Crippen LogP contribution in [0.25, 0.3) is 22.0 Å². The fourth-order valence-electron chi connectivity index (χ4n) is 4.07. The van der Waals surface area contributed by atoms with Gasteiger partial charge in [-0.05, 0) is 44.4 Å². The molecule has 5 rings (SSSR count). The quantitative estimate of drug-likeness (QED) is 0.492. The van der Waals surface area contributed by atoms with Crippen LogP contribution in [-0.4, -0.2) is 36.2 Å². The fourth-order valence-corrected chi connectivity index (χ4v) is 4.07. The monoisotopic (exact) mass is 405 g/mol. The van der Waals surface area contributed by atoms with Crippen LogP contribution in [0.1, 0.15) is 31.1 Å². The molecule has 1 saturated carbocycles. The van der Waals surface area contributed by atoms with E-state index in [4.69, 9.17) is 4.42 Å². The second kappa shape index (κ2) is 7.12. The SMILES string of the molecule is CCn1c2cc(C)oc2c2cnn(CC(=O)N(Cc3ccncc3)C3CC3)c(=O)c21. The molecule has 4 heterocycles. The standard InChI is InChI=1S/C22H23N5O3/c1-3-25-18-10-14(2)30-21(18)17-11-24-27(22(29)20(17)25)13-19(28)26(16-4-5-16)12-15-6-8-23-9-7-15/h6-11,16H,3-5,12-13H2,1-2H3. The lowest BCUT2D eigenvalue weighted by Gasteiger charge is -2.22. The number of fused-ring (bicyclic) bond motifs is 3. The van der Waals surface area contributed by atoms with E-state index in [2.05, 4.69) is 10.1 Å². The van der Waals surface area contributed by atoms with Gasteiger partial charge in [0.2, 0.25) is 5.91 Å². The van der Waals surface area contributed by atoms with E-state index in [0.29, 0.717) is 29.6 Å². The average molecular weight is 405 g/mol. The third-order valence-electron chi connectivity index (χ3n) is 5.67. The Labute approximate surface area is 172 Å². The van der Waals surface area contributed by atoms with Crippen molar-refractivity contribution in [3.8, 4) is 0 Å². The van der Waals surface area contributed by atoms with Crippen LogP contribution in [0.3, 0.4) is 0 Å². The van der Waals surface area contributed by atoms with Gasteiger partial charge >= 0.3 is 0 Å². The highest BCUT2D eigenvalue weighted by atomic mass is 16.3. The molecule has 1 fully saturated rings. The molecule has 0 spiro atoms. The third kappa shape index (κ3) is 3.08. The summed E-state index contributed by atoms with van der Waals surface area (Å²) in [7, 11) is 0. The predicted molar refractivity (Wildman–Crippen MR) is 112 cm³/mol. The Bertz CT molecular complexity index is 1300. The molecule has 4 aromatic heterocycles. The first-order valence-electron chi connectivity index (χ1n) is 10.2. The Morgan fingerprint density at radius 1 is 1.30 bits per heavy atom. The van der Waals surface area contributed by atoms with Crippen molar-refractivity contribution < 1.29 is 9.21 Å². The van der Waals surface area contributed by atoms with Gasteiger partial charge in [-0.25, -0.2) is 4.68 Å². The van der Waals surface area contributed by atoms with Crippen molar-refractivity contribution >= 4 is 27.9 Å². The van der Waals surface area contributed by atoms with Gasteiger partial charge < -0.3 is 13.9 Å². The minimum Gasteiger partial charge on any atom is -0.459 e. The number of pyridine rings is 1. The summed E-state index contributed by atoms with van der Waals surface area (Å²) in [5.74, 6) is 0.692. The molecule has 0 aliphatic heterocycles. The number of furan rings is 1. The number of aromatic nitrogens is 4. The Morgan fingerprint density at radius 3 is 2.77 bits per heavy atom. The van der Waals surface area contributed by atoms with E-state index < -0.39 is 0 Å². The zero-order chi connectivity index (χ0) is 20.8. The van der Waals surface area contributed by atoms with Crippen LogP contribution in [-0.2, 0) is 24.4 Å². The smallest absolute Gasteiger partial charge is 0.291 e. The van der Waals surface area contributed by atoms with Crippen molar-refractivity contribution in [3.05, 3.63) is 58.5 Å². The molecule has 0 bridgehead atoms. The highest BCUT2D eigenvalue weighted by Crippen LogP contribution is 2.30. The molecule has 4 aromatic rings. The van der Waals surface area contributed by atoms with Crippen LogP contribution in [0.2, 0.25) is 0 Å². The van der Waals surface area contributed by atoms with Crippen molar-refractivity contribution in [2.75, 3.05) is 0 Å². The summed E-state index contributed by atoms with van der Waals surface area (Å²) in [4.78, 5) is 32.2. The van der Waals surface area contributed by atoms with Crippen LogP contribution < -0.4 is 5.56 Å². The lowest BCUT2D eigenvalue weighted by Crippen LogP contribution is -2.38. The van der Waals surface area contributed by atoms with E-state index in [1.165, 1.54) is 4.68 Å². The lowest BCUT2D eigenvalue weighted by molar-refractivity contribution is -0.133. The molecule has 0 unspecified atom stereocenters. The molecule has 30 heavy (non-hydrogen) atoms. The molecule has 0 saturated heterocycles. The van der Waals surface area contributed by atoms with Crippen LogP contribution in [0.5, 0.6) is 0 Å². The van der Waals surface area contributed by atoms with Gasteiger partial charge in [0.05, 0.1) is 17.1 Å². The van der Waals surface area contributed by atoms with Crippen LogP contribution in [0.4, 0.5) is 0 Å². The average Bonchev–Trinajstić information content (AvgIpc) is 3.45. The maximum Gasteiger partial charge on any atom is 0.291 e. The van der Waals surface area contributed by atoms with E-state index in [1.807, 2.05) is 41.5 Å². The van der Waals surface area contributed by atoms with Gasteiger partial charge in [-0.3, -0.25) is 14.6 Å². The van der Waals surface area contributed by atoms with Gasteiger partial charge in [0, 0.05) is 37.6 Å². The highest BCUT2D eigenvalue weighted by molar-refractivity contribution is 6.04. The summed E-state index contributed by atoms with van der Waals surface area (Å²) in [6, 6.07) is 5.97. The molecule has 0 atom stereocenters. The van der Waals surface area contributed by atoms with E-state index in [-0.39, 0.29) is 24.1 Å². The summed E-state index contributed by atoms with van der Waals surface area (Å²) in [6.45, 7) is 4.93. The highest BCUT2D eigenvalue weighted by Gasteiger charge is 2.33. The lowest BCUT2D eigenvalue weighted by atomic mass is 10.2. The first kappa shape index (κ1) is 18.6. The zero-order valence-electron chi connectivity index (χ0n) is 17.0. The Kier molecular flexibility index (Phi) is 4.42. The number of aryl methyl sites for hydroxylation is 2. The summed E-state index contributed by atoms with van der Waals surface area (Å²) in [6.07, 6.45) is 7.06. The predicted octanol–water partition coefficient (Wildman–Crippen LogP) is 2.86. The van der Waals surface area contributed by atoms with Gasteiger partial charge in [-0.15, -0.1) is 0 Å². The van der Waals surface area contributed by atoms with E-state index in [1.54, 1.807) is 18.6 Å². The summed E-state index contributed by atoms with van der Waals surface area (Å²) in [5, 5.41) is 4.98. The van der Waals surface area contributed by atoms with Crippen molar-refractivity contribution in [2.24, 2.45) is 0 Å². The maximum absolute atomic E-state index is 13.2. The number of hydrogen-bond acceptors (Lipinski definition) is 5. The molecule has 0 radical (unpaired) electrons. The van der Waals surface area contributed by atoms with Crippen molar-refractivity contribution in [1.29, 1.82) is 0 Å². The zero-order valence-corrected chi connectivity index (χ0v) is 17.0. The van der Waals surface area contributed by atoms with Crippen LogP contribution in [0, 0.1) is 6.92 Å². The Balaban J connectivity index is 1.49. The number of hydrogen-bond donors (Lipinski definition) is 0. The Hall–Kier alpha value is -3.42. The number of rotatable bonds is 6. The first-order valence-corrected chi connectivity index (χ1v) is 10.2. The Morgan fingerprint density at radius 2 is 2.07 bits per heavy atom. The third-order valence-corrected chi connectivity index (χ3v) is 5.67. The van der Waals surface area contributed by atoms with Gasteiger partial charge in [0.25, 0.3) is 5.56 Å². The van der Waals surface area contributed by atoms with Crippen LogP contribution in [0.15, 0.2) is 46.0 Å². The summed E-state index contributed by atoms with van der Waals surface area (Å²) < 4.78 is 9.00. The molecular weight excluding hydrogens is 382 g/mol. The molecule has 0 N–H and O–H groups in total. The van der Waals surface area contributed by atoms with Crippen LogP contribution >= 0.6 is 0 Å². The first-order chi connectivity index (χ1) is 14.6. The second-order valence-corrected chi connectivity index (χ2v) is 7.79. The van der Waals surface area contributed by atoms with E-state index >= 15 is 0 Å². The molecular formula is C22H23N5O3. The van der Waals surface area contributed by atoms with Crippen molar-refractivity contribution in [3.63, 3.8) is 0 Å². The molecule has 8 nitrogen and oxygen atoms in total. The van der Waals surface area contributed by atoms with E-state index in [0.717, 1.165) is 29.7 Å². The molecule has 1 aliphatic rings. The summed E-state index contributed by atoms with van der Waals surface area (Å²) >= 11 is 0. The normalized spacial score (nSPS) is 13.9. The minimum atomic E-state index is -0.272. The van der Waals surface area contributed by atoms with Crippen molar-refractivity contribution in [2.45, 2.75) is 52.4 Å². The molecule has 1 aliphatic carbocycles. The second-order valence-electron chi connectivity index (χ2n) is 7.79. The molecule has 1 amide bonds. The largest absolute Gasteiger partial charge is 0.459 e. The molecule has 8 heteroatoms. The topological polar surface area (TPSA) is 86.2 Å². The maximum atomic E-state index is 13.2. The van der Waals surface area contributed by atoms with Gasteiger partial charge in [0.15, 0.2) is 5.58 Å². The molecule has 154 valence electrons. The fraction of sp³-hybridized carbons (Fsp3) is 0.364. The number of carbonyl (C=O) groups excluding carboxylic acids is 1. The van der Waals surface area contributed by atoms with Crippen molar-refractivity contribution in [1.82, 2.24) is 24.2 Å². The number of carbonyl (C=O) groups is 1. The minimum absolute atomic E-state index is 0.0777. The molecule has 0 aromatic carbocycles. The van der Waals surface area contributed by atoms with Gasteiger partial charge in [-0.2, -0.15) is 5.10 Å². The van der Waals surface area contributed by atoms with Gasteiger partial charge in [0.1, 0.15) is 17.8 Å².